The van der Waals surface area contributed by atoms with Crippen LogP contribution in [0.5, 0.6) is 0 Å². The van der Waals surface area contributed by atoms with Gasteiger partial charge in [-0.1, -0.05) is 38.3 Å². The third-order valence-corrected chi connectivity index (χ3v) is 4.74. The molecule has 0 saturated heterocycles. The number of nitrogens with two attached hydrogens (primary N) is 1. The highest BCUT2D eigenvalue weighted by molar-refractivity contribution is 5.76. The monoisotopic (exact) mass is 271 g/mol. The van der Waals surface area contributed by atoms with Crippen molar-refractivity contribution in [1.29, 1.82) is 0 Å². The Morgan fingerprint density at radius 1 is 1.20 bits per heavy atom. The Labute approximate surface area is 121 Å². The summed E-state index contributed by atoms with van der Waals surface area (Å²) in [5.74, 6) is 1.82. The molecule has 0 radical (unpaired) electrons. The van der Waals surface area contributed by atoms with Crippen molar-refractivity contribution in [2.45, 2.75) is 51.5 Å². The van der Waals surface area contributed by atoms with Crippen molar-refractivity contribution >= 4 is 11.0 Å². The highest BCUT2D eigenvalue weighted by Crippen LogP contribution is 2.35. The largest absolute Gasteiger partial charge is 0.330 e. The SMILES string of the molecule is CCc1nc2ccccc2n1C1CCCCCC1CN. The minimum Gasteiger partial charge on any atom is -0.330 e. The standard InChI is InChI=1S/C17H25N3/c1-2-17-19-14-9-6-7-11-16(14)20(17)15-10-5-3-4-8-13(15)12-18/h6-7,9,11,13,15H,2-5,8,10,12,18H2,1H3. The first-order chi connectivity index (χ1) is 9.85. The number of hydrogen-bond acceptors (Lipinski definition) is 2. The molecule has 2 N–H and O–H groups in total. The molecule has 1 fully saturated rings. The summed E-state index contributed by atoms with van der Waals surface area (Å²) >= 11 is 0. The number of para-hydroxylation sites is 2. The van der Waals surface area contributed by atoms with Gasteiger partial charge in [0.05, 0.1) is 11.0 Å². The molecule has 0 bridgehead atoms. The topological polar surface area (TPSA) is 43.8 Å². The molecule has 0 spiro atoms. The first-order valence-corrected chi connectivity index (χ1v) is 8.01. The smallest absolute Gasteiger partial charge is 0.109 e. The fourth-order valence-corrected chi connectivity index (χ4v) is 3.69. The predicted octanol–water partition coefficient (Wildman–Crippen LogP) is 3.68. The zero-order chi connectivity index (χ0) is 13.9. The summed E-state index contributed by atoms with van der Waals surface area (Å²) in [6, 6.07) is 9.06. The van der Waals surface area contributed by atoms with Crippen LogP contribution in [0, 0.1) is 5.92 Å². The van der Waals surface area contributed by atoms with Crippen LogP contribution < -0.4 is 5.73 Å². The molecule has 1 saturated carbocycles. The maximum absolute atomic E-state index is 6.07. The van der Waals surface area contributed by atoms with Crippen LogP contribution in [-0.4, -0.2) is 16.1 Å². The quantitative estimate of drug-likeness (QED) is 0.865. The van der Waals surface area contributed by atoms with Gasteiger partial charge in [-0.05, 0) is 37.4 Å². The van der Waals surface area contributed by atoms with Crippen molar-refractivity contribution in [3.8, 4) is 0 Å². The van der Waals surface area contributed by atoms with E-state index in [0.717, 1.165) is 18.5 Å². The molecule has 2 unspecified atom stereocenters. The summed E-state index contributed by atoms with van der Waals surface area (Å²) in [5.41, 5.74) is 8.49. The van der Waals surface area contributed by atoms with Gasteiger partial charge in [-0.15, -0.1) is 0 Å². The van der Waals surface area contributed by atoms with E-state index in [1.165, 1.54) is 43.4 Å². The van der Waals surface area contributed by atoms with Gasteiger partial charge in [0, 0.05) is 12.5 Å². The maximum atomic E-state index is 6.07. The second-order valence-corrected chi connectivity index (χ2v) is 5.94. The highest BCUT2D eigenvalue weighted by atomic mass is 15.1. The molecule has 3 heteroatoms. The van der Waals surface area contributed by atoms with Crippen LogP contribution in [0.3, 0.4) is 0 Å². The summed E-state index contributed by atoms with van der Waals surface area (Å²) in [7, 11) is 0. The van der Waals surface area contributed by atoms with Gasteiger partial charge in [-0.3, -0.25) is 0 Å². The van der Waals surface area contributed by atoms with Crippen LogP contribution in [0.25, 0.3) is 11.0 Å². The van der Waals surface area contributed by atoms with Gasteiger partial charge < -0.3 is 10.3 Å². The molecule has 1 aliphatic rings. The molecule has 1 aromatic carbocycles. The van der Waals surface area contributed by atoms with Crippen molar-refractivity contribution < 1.29 is 0 Å². The summed E-state index contributed by atoms with van der Waals surface area (Å²) in [6.07, 6.45) is 7.49. The molecule has 3 nitrogen and oxygen atoms in total. The van der Waals surface area contributed by atoms with Crippen molar-refractivity contribution in [3.05, 3.63) is 30.1 Å². The Balaban J connectivity index is 2.10. The lowest BCUT2D eigenvalue weighted by molar-refractivity contribution is 0.317. The molecule has 0 aliphatic heterocycles. The first kappa shape index (κ1) is 13.6. The fourth-order valence-electron chi connectivity index (χ4n) is 3.69. The highest BCUT2D eigenvalue weighted by Gasteiger charge is 2.27. The van der Waals surface area contributed by atoms with Crippen molar-refractivity contribution in [1.82, 2.24) is 9.55 Å². The van der Waals surface area contributed by atoms with Crippen LogP contribution in [0.2, 0.25) is 0 Å². The van der Waals surface area contributed by atoms with Gasteiger partial charge in [0.1, 0.15) is 5.82 Å². The second kappa shape index (κ2) is 5.96. The number of aryl methyl sites for hydroxylation is 1. The van der Waals surface area contributed by atoms with Crippen LogP contribution >= 0.6 is 0 Å². The molecule has 108 valence electrons. The van der Waals surface area contributed by atoms with E-state index in [0.29, 0.717) is 12.0 Å². The van der Waals surface area contributed by atoms with E-state index in [1.54, 1.807) is 0 Å². The van der Waals surface area contributed by atoms with E-state index < -0.39 is 0 Å². The number of aromatic nitrogens is 2. The van der Waals surface area contributed by atoms with Gasteiger partial charge in [0.25, 0.3) is 0 Å². The lowest BCUT2D eigenvalue weighted by Gasteiger charge is -2.27. The molecule has 1 heterocycles. The van der Waals surface area contributed by atoms with Gasteiger partial charge in [0.2, 0.25) is 0 Å². The Bertz CT molecular complexity index is 573. The Hall–Kier alpha value is -1.35. The number of benzene rings is 1. The molecule has 1 aromatic heterocycles. The molecule has 0 amide bonds. The Morgan fingerprint density at radius 3 is 2.80 bits per heavy atom. The number of imidazole rings is 1. The summed E-state index contributed by atoms with van der Waals surface area (Å²) < 4.78 is 2.50. The predicted molar refractivity (Wildman–Crippen MR) is 83.8 cm³/mol. The molecular formula is C17H25N3. The first-order valence-electron chi connectivity index (χ1n) is 8.01. The zero-order valence-electron chi connectivity index (χ0n) is 12.4. The average molecular weight is 271 g/mol. The lowest BCUT2D eigenvalue weighted by Crippen LogP contribution is -2.26. The minimum atomic E-state index is 0.532. The zero-order valence-corrected chi connectivity index (χ0v) is 12.4. The third kappa shape index (κ3) is 2.35. The van der Waals surface area contributed by atoms with Gasteiger partial charge in [0.15, 0.2) is 0 Å². The Morgan fingerprint density at radius 2 is 2.00 bits per heavy atom. The number of rotatable bonds is 3. The molecule has 20 heavy (non-hydrogen) atoms. The number of fused-ring (bicyclic) bond motifs is 1. The van der Waals surface area contributed by atoms with Crippen molar-refractivity contribution in [2.75, 3.05) is 6.54 Å². The van der Waals surface area contributed by atoms with Crippen molar-refractivity contribution in [2.24, 2.45) is 11.7 Å². The summed E-state index contributed by atoms with van der Waals surface area (Å²) in [5, 5.41) is 0. The summed E-state index contributed by atoms with van der Waals surface area (Å²) in [6.45, 7) is 2.99. The maximum Gasteiger partial charge on any atom is 0.109 e. The van der Waals surface area contributed by atoms with Crippen LogP contribution in [-0.2, 0) is 6.42 Å². The molecule has 2 aromatic rings. The van der Waals surface area contributed by atoms with E-state index in [4.69, 9.17) is 10.7 Å². The van der Waals surface area contributed by atoms with Gasteiger partial charge in [-0.2, -0.15) is 0 Å². The van der Waals surface area contributed by atoms with E-state index in [-0.39, 0.29) is 0 Å². The van der Waals surface area contributed by atoms with E-state index >= 15 is 0 Å². The van der Waals surface area contributed by atoms with E-state index in [9.17, 15) is 0 Å². The van der Waals surface area contributed by atoms with Crippen LogP contribution in [0.1, 0.15) is 50.9 Å². The average Bonchev–Trinajstić information content (AvgIpc) is 2.69. The second-order valence-electron chi connectivity index (χ2n) is 5.94. The third-order valence-electron chi connectivity index (χ3n) is 4.74. The van der Waals surface area contributed by atoms with Gasteiger partial charge >= 0.3 is 0 Å². The fraction of sp³-hybridized carbons (Fsp3) is 0.588. The number of nitrogens with zero attached hydrogens (tertiary/aromatic N) is 2. The molecular weight excluding hydrogens is 246 g/mol. The normalized spacial score (nSPS) is 23.9. The van der Waals surface area contributed by atoms with Gasteiger partial charge in [-0.25, -0.2) is 4.98 Å². The Kier molecular flexibility index (Phi) is 4.06. The van der Waals surface area contributed by atoms with E-state index in [2.05, 4.69) is 35.8 Å². The van der Waals surface area contributed by atoms with E-state index in [1.807, 2.05) is 0 Å². The van der Waals surface area contributed by atoms with Crippen molar-refractivity contribution in [3.63, 3.8) is 0 Å². The molecule has 3 rings (SSSR count). The van der Waals surface area contributed by atoms with Crippen LogP contribution in [0.4, 0.5) is 0 Å². The minimum absolute atomic E-state index is 0.532. The summed E-state index contributed by atoms with van der Waals surface area (Å²) in [4.78, 5) is 4.83. The molecule has 1 aliphatic carbocycles. The lowest BCUT2D eigenvalue weighted by atomic mass is 9.94. The van der Waals surface area contributed by atoms with Crippen LogP contribution in [0.15, 0.2) is 24.3 Å². The number of hydrogen-bond donors (Lipinski definition) is 1. The molecule has 2 atom stereocenters.